The topological polar surface area (TPSA) is 62.2 Å². The first-order valence-corrected chi connectivity index (χ1v) is 5.56. The van der Waals surface area contributed by atoms with Crippen LogP contribution in [0.25, 0.3) is 0 Å². The minimum Gasteiger partial charge on any atom is -0.478 e. The Balaban J connectivity index is 2.33. The lowest BCUT2D eigenvalue weighted by Crippen LogP contribution is -2.01. The fraction of sp³-hybridized carbons (Fsp3) is 0. The molecule has 1 aromatic heterocycles. The molecular weight excluding hydrogens is 297 g/mol. The number of carbonyl (C=O) groups is 1. The smallest absolute Gasteiger partial charge is 0.337 e. The second kappa shape index (κ2) is 5.38. The maximum Gasteiger partial charge on any atom is 0.337 e. The van der Waals surface area contributed by atoms with E-state index in [0.717, 1.165) is 24.4 Å². The predicted molar refractivity (Wildman–Crippen MR) is 65.8 cm³/mol. The fourth-order valence-corrected chi connectivity index (χ4v) is 1.62. The molecule has 2 aromatic rings. The maximum absolute atomic E-state index is 13.0. The minimum absolute atomic E-state index is 0.0120. The summed E-state index contributed by atoms with van der Waals surface area (Å²) in [5.74, 6) is -5.56. The summed E-state index contributed by atoms with van der Waals surface area (Å²) >= 11 is 5.78. The van der Waals surface area contributed by atoms with Crippen molar-refractivity contribution in [3.05, 3.63) is 52.4 Å². The number of carboxylic acids is 1. The average molecular weight is 303 g/mol. The molecule has 0 fully saturated rings. The Morgan fingerprint density at radius 2 is 1.80 bits per heavy atom. The number of halogens is 4. The molecule has 0 aliphatic heterocycles. The quantitative estimate of drug-likeness (QED) is 0.851. The minimum atomic E-state index is -1.59. The molecule has 0 unspecified atom stereocenters. The number of hydrogen-bond donors (Lipinski definition) is 2. The SMILES string of the molecule is O=C(O)c1cnc(Nc2cc(F)c(F)c(F)c2)c(Cl)c1. The Labute approximate surface area is 115 Å². The van der Waals surface area contributed by atoms with Gasteiger partial charge in [-0.05, 0) is 6.07 Å². The Morgan fingerprint density at radius 3 is 2.30 bits per heavy atom. The maximum atomic E-state index is 13.0. The molecule has 0 radical (unpaired) electrons. The highest BCUT2D eigenvalue weighted by Gasteiger charge is 2.13. The third-order valence-corrected chi connectivity index (χ3v) is 2.62. The molecule has 2 N–H and O–H groups in total. The van der Waals surface area contributed by atoms with E-state index >= 15 is 0 Å². The lowest BCUT2D eigenvalue weighted by molar-refractivity contribution is 0.0696. The van der Waals surface area contributed by atoms with Crippen LogP contribution in [-0.4, -0.2) is 16.1 Å². The van der Waals surface area contributed by atoms with E-state index in [0.29, 0.717) is 0 Å². The van der Waals surface area contributed by atoms with Gasteiger partial charge in [0.25, 0.3) is 0 Å². The average Bonchev–Trinajstić information content (AvgIpc) is 2.38. The third kappa shape index (κ3) is 2.83. The number of nitrogens with zero attached hydrogens (tertiary/aromatic N) is 1. The van der Waals surface area contributed by atoms with Crippen molar-refractivity contribution >= 4 is 29.1 Å². The first-order valence-electron chi connectivity index (χ1n) is 5.19. The molecule has 4 nitrogen and oxygen atoms in total. The van der Waals surface area contributed by atoms with Gasteiger partial charge < -0.3 is 10.4 Å². The molecule has 0 bridgehead atoms. The summed E-state index contributed by atoms with van der Waals surface area (Å²) in [5, 5.41) is 11.1. The van der Waals surface area contributed by atoms with Crippen LogP contribution in [0.15, 0.2) is 24.4 Å². The van der Waals surface area contributed by atoms with Gasteiger partial charge in [-0.15, -0.1) is 0 Å². The number of rotatable bonds is 3. The highest BCUT2D eigenvalue weighted by molar-refractivity contribution is 6.33. The number of nitrogens with one attached hydrogen (secondary N) is 1. The number of benzene rings is 1. The van der Waals surface area contributed by atoms with Crippen LogP contribution < -0.4 is 5.32 Å². The number of carboxylic acid groups (broad SMARTS) is 1. The molecule has 0 aliphatic carbocycles. The largest absolute Gasteiger partial charge is 0.478 e. The van der Waals surface area contributed by atoms with E-state index in [9.17, 15) is 18.0 Å². The van der Waals surface area contributed by atoms with Gasteiger partial charge in [-0.1, -0.05) is 11.6 Å². The van der Waals surface area contributed by atoms with Gasteiger partial charge in [0.05, 0.1) is 10.6 Å². The number of aromatic carboxylic acids is 1. The van der Waals surface area contributed by atoms with Gasteiger partial charge in [-0.3, -0.25) is 0 Å². The van der Waals surface area contributed by atoms with E-state index in [1.54, 1.807) is 0 Å². The van der Waals surface area contributed by atoms with Gasteiger partial charge in [-0.25, -0.2) is 22.9 Å². The van der Waals surface area contributed by atoms with E-state index in [1.165, 1.54) is 0 Å². The van der Waals surface area contributed by atoms with Gasteiger partial charge in [0.2, 0.25) is 0 Å². The zero-order valence-electron chi connectivity index (χ0n) is 9.62. The van der Waals surface area contributed by atoms with Gasteiger partial charge in [0, 0.05) is 24.0 Å². The number of anilines is 2. The van der Waals surface area contributed by atoms with Crippen molar-refractivity contribution in [3.63, 3.8) is 0 Å². The molecule has 0 aliphatic rings. The van der Waals surface area contributed by atoms with Gasteiger partial charge in [0.1, 0.15) is 5.82 Å². The summed E-state index contributed by atoms with van der Waals surface area (Å²) in [6.45, 7) is 0. The molecule has 8 heteroatoms. The molecule has 1 aromatic carbocycles. The summed E-state index contributed by atoms with van der Waals surface area (Å²) in [6, 6.07) is 2.57. The van der Waals surface area contributed by atoms with E-state index in [2.05, 4.69) is 10.3 Å². The number of aromatic nitrogens is 1. The zero-order valence-corrected chi connectivity index (χ0v) is 10.4. The van der Waals surface area contributed by atoms with Crippen molar-refractivity contribution in [1.29, 1.82) is 0 Å². The van der Waals surface area contributed by atoms with Crippen molar-refractivity contribution in [2.24, 2.45) is 0 Å². The van der Waals surface area contributed by atoms with E-state index in [-0.39, 0.29) is 22.1 Å². The first-order chi connectivity index (χ1) is 9.38. The van der Waals surface area contributed by atoms with Crippen LogP contribution in [0.2, 0.25) is 5.02 Å². The summed E-state index contributed by atoms with van der Waals surface area (Å²) in [4.78, 5) is 14.4. The molecule has 0 saturated carbocycles. The summed E-state index contributed by atoms with van der Waals surface area (Å²) in [5.41, 5.74) is -0.254. The highest BCUT2D eigenvalue weighted by atomic mass is 35.5. The predicted octanol–water partition coefficient (Wildman–Crippen LogP) is 3.59. The Kier molecular flexibility index (Phi) is 3.80. The molecule has 0 saturated heterocycles. The Morgan fingerprint density at radius 1 is 1.20 bits per heavy atom. The second-order valence-corrected chi connectivity index (χ2v) is 4.15. The Hall–Kier alpha value is -2.28. The monoisotopic (exact) mass is 302 g/mol. The van der Waals surface area contributed by atoms with Crippen LogP contribution in [0.4, 0.5) is 24.7 Å². The molecule has 0 spiro atoms. The fourth-order valence-electron chi connectivity index (χ4n) is 1.41. The van der Waals surface area contributed by atoms with Crippen molar-refractivity contribution < 1.29 is 23.1 Å². The van der Waals surface area contributed by atoms with E-state index in [1.807, 2.05) is 0 Å². The van der Waals surface area contributed by atoms with Gasteiger partial charge in [-0.2, -0.15) is 0 Å². The normalized spacial score (nSPS) is 10.4. The Bertz CT molecular complexity index is 671. The van der Waals surface area contributed by atoms with Crippen LogP contribution in [0.3, 0.4) is 0 Å². The van der Waals surface area contributed by atoms with Crippen LogP contribution in [-0.2, 0) is 0 Å². The molecule has 0 atom stereocenters. The molecule has 20 heavy (non-hydrogen) atoms. The zero-order chi connectivity index (χ0) is 14.9. The van der Waals surface area contributed by atoms with Crippen LogP contribution in [0, 0.1) is 17.5 Å². The van der Waals surface area contributed by atoms with Crippen LogP contribution in [0.1, 0.15) is 10.4 Å². The lowest BCUT2D eigenvalue weighted by Gasteiger charge is -2.08. The standard InChI is InChI=1S/C12H6ClF3N2O2/c13-7-1-5(12(19)20)4-17-11(7)18-6-2-8(14)10(16)9(15)3-6/h1-4H,(H,17,18)(H,19,20). The third-order valence-electron chi connectivity index (χ3n) is 2.33. The van der Waals surface area contributed by atoms with Gasteiger partial charge >= 0.3 is 5.97 Å². The van der Waals surface area contributed by atoms with Crippen molar-refractivity contribution in [1.82, 2.24) is 4.98 Å². The van der Waals surface area contributed by atoms with Gasteiger partial charge in [0.15, 0.2) is 17.5 Å². The summed E-state index contributed by atoms with van der Waals surface area (Å²) in [6.07, 6.45) is 1.02. The second-order valence-electron chi connectivity index (χ2n) is 3.74. The molecule has 2 rings (SSSR count). The van der Waals surface area contributed by atoms with E-state index < -0.39 is 23.4 Å². The lowest BCUT2D eigenvalue weighted by atomic mass is 10.2. The molecule has 1 heterocycles. The van der Waals surface area contributed by atoms with E-state index in [4.69, 9.17) is 16.7 Å². The molecular formula is C12H6ClF3N2O2. The number of pyridine rings is 1. The number of hydrogen-bond acceptors (Lipinski definition) is 3. The van der Waals surface area contributed by atoms with Crippen molar-refractivity contribution in [2.45, 2.75) is 0 Å². The summed E-state index contributed by atoms with van der Waals surface area (Å²) < 4.78 is 38.8. The molecule has 0 amide bonds. The van der Waals surface area contributed by atoms with Crippen LogP contribution >= 0.6 is 11.6 Å². The first kappa shape index (κ1) is 14.1. The summed E-state index contributed by atoms with van der Waals surface area (Å²) in [7, 11) is 0. The van der Waals surface area contributed by atoms with Crippen LogP contribution in [0.5, 0.6) is 0 Å². The highest BCUT2D eigenvalue weighted by Crippen LogP contribution is 2.25. The van der Waals surface area contributed by atoms with Crippen molar-refractivity contribution in [2.75, 3.05) is 5.32 Å². The molecule has 104 valence electrons. The van der Waals surface area contributed by atoms with Crippen molar-refractivity contribution in [3.8, 4) is 0 Å².